The Kier molecular flexibility index (Phi) is 8.21. The number of nitrogens with one attached hydrogen (secondary N) is 1. The molecule has 2 rings (SSSR count). The van der Waals surface area contributed by atoms with Crippen LogP contribution in [0.15, 0.2) is 61.7 Å². The number of hydrogen-bond acceptors (Lipinski definition) is 3. The number of aryl methyl sites for hydroxylation is 1. The molecular formula is C22H28N4O2. The fourth-order valence-corrected chi connectivity index (χ4v) is 2.99. The molecule has 0 spiro atoms. The Morgan fingerprint density at radius 2 is 1.93 bits per heavy atom. The lowest BCUT2D eigenvalue weighted by atomic mass is 10.3. The number of para-hydroxylation sites is 2. The number of amides is 2. The largest absolute Gasteiger partial charge is 0.353 e. The molecule has 148 valence electrons. The smallest absolute Gasteiger partial charge is 0.243 e. The molecule has 0 bridgehead atoms. The fraction of sp³-hybridized carbons (Fsp3) is 0.318. The Bertz CT molecular complexity index is 857. The van der Waals surface area contributed by atoms with Crippen LogP contribution >= 0.6 is 0 Å². The van der Waals surface area contributed by atoms with E-state index in [4.69, 9.17) is 4.98 Å². The predicted molar refractivity (Wildman–Crippen MR) is 113 cm³/mol. The maximum Gasteiger partial charge on any atom is 0.243 e. The molecule has 0 aliphatic rings. The van der Waals surface area contributed by atoms with Gasteiger partial charge in [-0.15, -0.1) is 13.2 Å². The van der Waals surface area contributed by atoms with Crippen molar-refractivity contribution < 1.29 is 9.59 Å². The molecule has 6 heteroatoms. The average molecular weight is 380 g/mol. The number of fused-ring (bicyclic) bond motifs is 1. The number of benzene rings is 1. The Hall–Kier alpha value is -3.15. The number of aromatic nitrogens is 2. The molecule has 2 amide bonds. The summed E-state index contributed by atoms with van der Waals surface area (Å²) < 4.78 is 1.96. The minimum absolute atomic E-state index is 0.00871. The predicted octanol–water partition coefficient (Wildman–Crippen LogP) is 2.86. The van der Waals surface area contributed by atoms with Gasteiger partial charge in [0.15, 0.2) is 0 Å². The van der Waals surface area contributed by atoms with Gasteiger partial charge in [0.1, 0.15) is 12.4 Å². The van der Waals surface area contributed by atoms with Gasteiger partial charge in [0, 0.05) is 26.1 Å². The molecule has 1 aromatic heterocycles. The van der Waals surface area contributed by atoms with Crippen molar-refractivity contribution >= 4 is 22.8 Å². The zero-order valence-corrected chi connectivity index (χ0v) is 16.4. The van der Waals surface area contributed by atoms with E-state index in [9.17, 15) is 9.59 Å². The van der Waals surface area contributed by atoms with Crippen LogP contribution in [0.3, 0.4) is 0 Å². The first kappa shape index (κ1) is 21.2. The highest BCUT2D eigenvalue weighted by molar-refractivity contribution is 5.87. The summed E-state index contributed by atoms with van der Waals surface area (Å²) in [5, 5.41) is 2.84. The minimum Gasteiger partial charge on any atom is -0.353 e. The van der Waals surface area contributed by atoms with Crippen molar-refractivity contribution in [1.82, 2.24) is 19.8 Å². The SMILES string of the molecule is C=CCN(CC=C)C(=O)Cn1c(CCCNC(=O)/C=C\C)nc2ccccc21. The number of rotatable bonds is 11. The molecule has 0 unspecified atom stereocenters. The van der Waals surface area contributed by atoms with Crippen LogP contribution in [0, 0.1) is 0 Å². The van der Waals surface area contributed by atoms with Gasteiger partial charge in [-0.05, 0) is 31.6 Å². The first-order chi connectivity index (χ1) is 13.6. The number of imidazole rings is 1. The standard InChI is InChI=1S/C22H28N4O2/c1-4-10-21(27)23-14-9-13-20-24-18-11-7-8-12-19(18)26(20)17-22(28)25(15-5-2)16-6-3/h4-8,10-12H,2-3,9,13-17H2,1H3,(H,23,27)/b10-4-. The third-order valence-electron chi connectivity index (χ3n) is 4.27. The van der Waals surface area contributed by atoms with Crippen molar-refractivity contribution in [1.29, 1.82) is 0 Å². The van der Waals surface area contributed by atoms with E-state index in [-0.39, 0.29) is 18.4 Å². The second-order valence-corrected chi connectivity index (χ2v) is 6.37. The van der Waals surface area contributed by atoms with Crippen LogP contribution < -0.4 is 5.32 Å². The Balaban J connectivity index is 2.15. The first-order valence-electron chi connectivity index (χ1n) is 9.45. The van der Waals surface area contributed by atoms with E-state index in [1.54, 1.807) is 30.1 Å². The zero-order valence-electron chi connectivity index (χ0n) is 16.4. The highest BCUT2D eigenvalue weighted by Gasteiger charge is 2.17. The Morgan fingerprint density at radius 3 is 2.61 bits per heavy atom. The summed E-state index contributed by atoms with van der Waals surface area (Å²) in [6.07, 6.45) is 8.04. The first-order valence-corrected chi connectivity index (χ1v) is 9.45. The van der Waals surface area contributed by atoms with Crippen LogP contribution in [0.25, 0.3) is 11.0 Å². The van der Waals surface area contributed by atoms with Gasteiger partial charge in [0.05, 0.1) is 11.0 Å². The molecule has 1 heterocycles. The normalized spacial score (nSPS) is 10.9. The van der Waals surface area contributed by atoms with Crippen molar-refractivity contribution in [3.8, 4) is 0 Å². The summed E-state index contributed by atoms with van der Waals surface area (Å²) in [4.78, 5) is 30.7. The number of carbonyl (C=O) groups excluding carboxylic acids is 2. The third-order valence-corrected chi connectivity index (χ3v) is 4.27. The van der Waals surface area contributed by atoms with Gasteiger partial charge in [-0.3, -0.25) is 9.59 Å². The summed E-state index contributed by atoms with van der Waals surface area (Å²) in [5.41, 5.74) is 1.79. The molecular weight excluding hydrogens is 352 g/mol. The minimum atomic E-state index is -0.101. The quantitative estimate of drug-likeness (QED) is 0.370. The van der Waals surface area contributed by atoms with E-state index < -0.39 is 0 Å². The van der Waals surface area contributed by atoms with E-state index in [2.05, 4.69) is 18.5 Å². The molecule has 1 aromatic carbocycles. The molecule has 0 fully saturated rings. The highest BCUT2D eigenvalue weighted by Crippen LogP contribution is 2.17. The van der Waals surface area contributed by atoms with Crippen molar-refractivity contribution in [2.45, 2.75) is 26.3 Å². The van der Waals surface area contributed by atoms with Crippen LogP contribution in [0.1, 0.15) is 19.2 Å². The van der Waals surface area contributed by atoms with Crippen LogP contribution in [-0.2, 0) is 22.6 Å². The lowest BCUT2D eigenvalue weighted by Gasteiger charge is -2.20. The highest BCUT2D eigenvalue weighted by atomic mass is 16.2. The molecule has 0 aliphatic carbocycles. The summed E-state index contributed by atoms with van der Waals surface area (Å²) >= 11 is 0. The maximum absolute atomic E-state index is 12.8. The summed E-state index contributed by atoms with van der Waals surface area (Å²) in [6.45, 7) is 11.0. The monoisotopic (exact) mass is 380 g/mol. The number of hydrogen-bond donors (Lipinski definition) is 1. The lowest BCUT2D eigenvalue weighted by Crippen LogP contribution is -2.34. The molecule has 28 heavy (non-hydrogen) atoms. The van der Waals surface area contributed by atoms with Crippen molar-refractivity contribution in [3.63, 3.8) is 0 Å². The molecule has 0 saturated carbocycles. The number of carbonyl (C=O) groups is 2. The molecule has 0 aliphatic heterocycles. The fourth-order valence-electron chi connectivity index (χ4n) is 2.99. The van der Waals surface area contributed by atoms with Gasteiger partial charge < -0.3 is 14.8 Å². The van der Waals surface area contributed by atoms with E-state index in [1.165, 1.54) is 6.08 Å². The van der Waals surface area contributed by atoms with Crippen molar-refractivity contribution in [2.24, 2.45) is 0 Å². The van der Waals surface area contributed by atoms with Crippen LogP contribution in [-0.4, -0.2) is 45.9 Å². The molecule has 0 saturated heterocycles. The van der Waals surface area contributed by atoms with Gasteiger partial charge in [-0.25, -0.2) is 4.98 Å². The summed E-state index contributed by atoms with van der Waals surface area (Å²) in [5.74, 6) is 0.730. The van der Waals surface area contributed by atoms with E-state index in [0.717, 1.165) is 23.3 Å². The number of nitrogens with zero attached hydrogens (tertiary/aromatic N) is 3. The van der Waals surface area contributed by atoms with E-state index in [1.807, 2.05) is 28.8 Å². The van der Waals surface area contributed by atoms with Crippen molar-refractivity contribution in [2.75, 3.05) is 19.6 Å². The van der Waals surface area contributed by atoms with Gasteiger partial charge in [-0.2, -0.15) is 0 Å². The second kappa shape index (κ2) is 10.9. The maximum atomic E-state index is 12.8. The van der Waals surface area contributed by atoms with E-state index in [0.29, 0.717) is 26.1 Å². The second-order valence-electron chi connectivity index (χ2n) is 6.37. The molecule has 2 aromatic rings. The van der Waals surface area contributed by atoms with Gasteiger partial charge >= 0.3 is 0 Å². The van der Waals surface area contributed by atoms with E-state index >= 15 is 0 Å². The van der Waals surface area contributed by atoms with Crippen LogP contribution in [0.5, 0.6) is 0 Å². The van der Waals surface area contributed by atoms with Gasteiger partial charge in [-0.1, -0.05) is 30.4 Å². The molecule has 0 atom stereocenters. The van der Waals surface area contributed by atoms with Crippen LogP contribution in [0.4, 0.5) is 0 Å². The number of allylic oxidation sites excluding steroid dienone is 1. The third kappa shape index (κ3) is 5.67. The summed E-state index contributed by atoms with van der Waals surface area (Å²) in [7, 11) is 0. The van der Waals surface area contributed by atoms with Crippen molar-refractivity contribution in [3.05, 3.63) is 67.6 Å². The van der Waals surface area contributed by atoms with Crippen LogP contribution in [0.2, 0.25) is 0 Å². The van der Waals surface area contributed by atoms with Gasteiger partial charge in [0.2, 0.25) is 11.8 Å². The average Bonchev–Trinajstić information content (AvgIpc) is 3.03. The Labute approximate surface area is 166 Å². The molecule has 0 radical (unpaired) electrons. The lowest BCUT2D eigenvalue weighted by molar-refractivity contribution is -0.130. The zero-order chi connectivity index (χ0) is 20.4. The van der Waals surface area contributed by atoms with Gasteiger partial charge in [0.25, 0.3) is 0 Å². The summed E-state index contributed by atoms with van der Waals surface area (Å²) in [6, 6.07) is 7.79. The molecule has 1 N–H and O–H groups in total. The Morgan fingerprint density at radius 1 is 1.21 bits per heavy atom. The molecule has 6 nitrogen and oxygen atoms in total. The topological polar surface area (TPSA) is 67.2 Å².